The third kappa shape index (κ3) is 3.56. The van der Waals surface area contributed by atoms with Gasteiger partial charge in [0.15, 0.2) is 0 Å². The van der Waals surface area contributed by atoms with Gasteiger partial charge in [-0.2, -0.15) is 0 Å². The van der Waals surface area contributed by atoms with Crippen molar-refractivity contribution in [1.82, 2.24) is 0 Å². The molecule has 0 amide bonds. The molecule has 0 bridgehead atoms. The molecule has 1 aromatic rings. The van der Waals surface area contributed by atoms with E-state index in [1.54, 1.807) is 0 Å². The van der Waals surface area contributed by atoms with Gasteiger partial charge in [-0.05, 0) is 50.7 Å². The predicted molar refractivity (Wildman–Crippen MR) is 78.5 cm³/mol. The van der Waals surface area contributed by atoms with Gasteiger partial charge in [-0.25, -0.2) is 0 Å². The van der Waals surface area contributed by atoms with E-state index < -0.39 is 0 Å². The topological polar surface area (TPSA) is 35.2 Å². The van der Waals surface area contributed by atoms with Crippen LogP contribution in [0.15, 0.2) is 28.7 Å². The van der Waals surface area contributed by atoms with Crippen LogP contribution in [0.3, 0.4) is 0 Å². The Balaban J connectivity index is 1.88. The van der Waals surface area contributed by atoms with E-state index in [0.29, 0.717) is 6.10 Å². The Morgan fingerprint density at radius 3 is 2.89 bits per heavy atom. The molecular weight excluding hydrogens is 290 g/mol. The van der Waals surface area contributed by atoms with E-state index in [0.717, 1.165) is 30.3 Å². The van der Waals surface area contributed by atoms with Gasteiger partial charge < -0.3 is 10.5 Å². The minimum Gasteiger partial charge on any atom is -0.378 e. The van der Waals surface area contributed by atoms with Crippen LogP contribution >= 0.6 is 15.9 Å². The van der Waals surface area contributed by atoms with E-state index in [-0.39, 0.29) is 5.54 Å². The summed E-state index contributed by atoms with van der Waals surface area (Å²) in [7, 11) is 0. The molecule has 18 heavy (non-hydrogen) atoms. The van der Waals surface area contributed by atoms with Crippen molar-refractivity contribution >= 4 is 15.9 Å². The van der Waals surface area contributed by atoms with Gasteiger partial charge >= 0.3 is 0 Å². The molecule has 0 radical (unpaired) electrons. The summed E-state index contributed by atoms with van der Waals surface area (Å²) in [6.45, 7) is 3.05. The highest BCUT2D eigenvalue weighted by molar-refractivity contribution is 9.10. The highest BCUT2D eigenvalue weighted by atomic mass is 79.9. The van der Waals surface area contributed by atoms with Gasteiger partial charge in [0.25, 0.3) is 0 Å². The molecule has 2 nitrogen and oxygen atoms in total. The zero-order valence-electron chi connectivity index (χ0n) is 11.0. The minimum atomic E-state index is -0.265. The monoisotopic (exact) mass is 311 g/mol. The summed E-state index contributed by atoms with van der Waals surface area (Å²) in [4.78, 5) is 0. The number of rotatable bonds is 5. The zero-order chi connectivity index (χ0) is 13.0. The Bertz CT molecular complexity index is 386. The Kier molecular flexibility index (Phi) is 4.82. The summed E-state index contributed by atoms with van der Waals surface area (Å²) < 4.78 is 6.75. The molecule has 1 fully saturated rings. The summed E-state index contributed by atoms with van der Waals surface area (Å²) >= 11 is 3.59. The maximum absolute atomic E-state index is 6.45. The fourth-order valence-electron chi connectivity index (χ4n) is 2.63. The minimum absolute atomic E-state index is 0.265. The van der Waals surface area contributed by atoms with Gasteiger partial charge in [0.1, 0.15) is 0 Å². The van der Waals surface area contributed by atoms with Crippen molar-refractivity contribution in [2.45, 2.75) is 50.7 Å². The van der Waals surface area contributed by atoms with E-state index in [4.69, 9.17) is 10.5 Å². The summed E-state index contributed by atoms with van der Waals surface area (Å²) in [6.07, 6.45) is 6.16. The Hall–Kier alpha value is -0.380. The fraction of sp³-hybridized carbons (Fsp3) is 0.600. The molecule has 1 aliphatic heterocycles. The zero-order valence-corrected chi connectivity index (χ0v) is 12.6. The third-order valence-corrected chi connectivity index (χ3v) is 4.43. The van der Waals surface area contributed by atoms with Crippen LogP contribution in [-0.4, -0.2) is 12.7 Å². The van der Waals surface area contributed by atoms with Crippen LogP contribution < -0.4 is 5.73 Å². The molecule has 1 heterocycles. The molecule has 100 valence electrons. The number of hydrogen-bond acceptors (Lipinski definition) is 2. The fourth-order valence-corrected chi connectivity index (χ4v) is 3.37. The Morgan fingerprint density at radius 2 is 2.22 bits per heavy atom. The maximum atomic E-state index is 6.45. The number of nitrogens with two attached hydrogens (primary N) is 1. The van der Waals surface area contributed by atoms with E-state index in [2.05, 4.69) is 35.0 Å². The van der Waals surface area contributed by atoms with E-state index in [1.165, 1.54) is 18.4 Å². The van der Waals surface area contributed by atoms with E-state index in [9.17, 15) is 0 Å². The van der Waals surface area contributed by atoms with Crippen LogP contribution in [0.2, 0.25) is 0 Å². The number of halogens is 1. The summed E-state index contributed by atoms with van der Waals surface area (Å²) in [5.41, 5.74) is 7.38. The average Bonchev–Trinajstić information content (AvgIpc) is 2.82. The molecule has 1 aliphatic rings. The second-order valence-electron chi connectivity index (χ2n) is 5.42. The second kappa shape index (κ2) is 6.18. The van der Waals surface area contributed by atoms with Crippen molar-refractivity contribution in [2.24, 2.45) is 5.73 Å². The van der Waals surface area contributed by atoms with Crippen LogP contribution in [0.25, 0.3) is 0 Å². The molecule has 2 rings (SSSR count). The molecule has 0 saturated carbocycles. The number of ether oxygens (including phenoxy) is 1. The molecule has 1 aromatic carbocycles. The SMILES string of the molecule is CC(N)(CCCC1CCCO1)c1ccccc1Br. The summed E-state index contributed by atoms with van der Waals surface area (Å²) in [6, 6.07) is 8.23. The Morgan fingerprint density at radius 1 is 1.44 bits per heavy atom. The van der Waals surface area contributed by atoms with Crippen LogP contribution in [0.5, 0.6) is 0 Å². The molecule has 3 heteroatoms. The van der Waals surface area contributed by atoms with Crippen molar-refractivity contribution in [3.63, 3.8) is 0 Å². The first-order valence-electron chi connectivity index (χ1n) is 6.75. The molecule has 0 spiro atoms. The van der Waals surface area contributed by atoms with Gasteiger partial charge in [-0.3, -0.25) is 0 Å². The maximum Gasteiger partial charge on any atom is 0.0576 e. The van der Waals surface area contributed by atoms with Crippen LogP contribution in [-0.2, 0) is 10.3 Å². The number of benzene rings is 1. The first-order valence-corrected chi connectivity index (χ1v) is 7.54. The van der Waals surface area contributed by atoms with Crippen LogP contribution in [0.4, 0.5) is 0 Å². The molecular formula is C15H22BrNO. The van der Waals surface area contributed by atoms with Crippen molar-refractivity contribution < 1.29 is 4.74 Å². The van der Waals surface area contributed by atoms with E-state index >= 15 is 0 Å². The lowest BCUT2D eigenvalue weighted by atomic mass is 9.87. The average molecular weight is 312 g/mol. The lowest BCUT2D eigenvalue weighted by Gasteiger charge is -2.27. The smallest absolute Gasteiger partial charge is 0.0576 e. The first-order chi connectivity index (χ1) is 8.59. The van der Waals surface area contributed by atoms with Gasteiger partial charge in [-0.1, -0.05) is 34.1 Å². The molecule has 2 N–H and O–H groups in total. The molecule has 2 atom stereocenters. The first kappa shape index (κ1) is 14.0. The summed E-state index contributed by atoms with van der Waals surface area (Å²) in [5.74, 6) is 0. The molecule has 0 aliphatic carbocycles. The largest absolute Gasteiger partial charge is 0.378 e. The predicted octanol–water partition coefficient (Wildman–Crippen LogP) is 3.97. The van der Waals surface area contributed by atoms with Crippen molar-refractivity contribution in [2.75, 3.05) is 6.61 Å². The Labute approximate surface area is 118 Å². The quantitative estimate of drug-likeness (QED) is 0.893. The van der Waals surface area contributed by atoms with Gasteiger partial charge in [-0.15, -0.1) is 0 Å². The highest BCUT2D eigenvalue weighted by Gasteiger charge is 2.24. The normalized spacial score (nSPS) is 22.9. The highest BCUT2D eigenvalue weighted by Crippen LogP contribution is 2.31. The third-order valence-electron chi connectivity index (χ3n) is 3.74. The van der Waals surface area contributed by atoms with Crippen molar-refractivity contribution in [3.05, 3.63) is 34.3 Å². The lowest BCUT2D eigenvalue weighted by molar-refractivity contribution is 0.100. The van der Waals surface area contributed by atoms with Crippen molar-refractivity contribution in [3.8, 4) is 0 Å². The molecule has 2 unspecified atom stereocenters. The number of hydrogen-bond donors (Lipinski definition) is 1. The molecule has 1 saturated heterocycles. The van der Waals surface area contributed by atoms with Gasteiger partial charge in [0.2, 0.25) is 0 Å². The van der Waals surface area contributed by atoms with Gasteiger partial charge in [0, 0.05) is 16.6 Å². The van der Waals surface area contributed by atoms with Crippen molar-refractivity contribution in [1.29, 1.82) is 0 Å². The lowest BCUT2D eigenvalue weighted by Crippen LogP contribution is -2.33. The van der Waals surface area contributed by atoms with Gasteiger partial charge in [0.05, 0.1) is 6.10 Å². The van der Waals surface area contributed by atoms with Crippen LogP contribution in [0, 0.1) is 0 Å². The van der Waals surface area contributed by atoms with Crippen LogP contribution in [0.1, 0.15) is 44.6 Å². The standard InChI is InChI=1S/C15H22BrNO/c1-15(17,13-8-2-3-9-14(13)16)10-4-6-12-7-5-11-18-12/h2-3,8-9,12H,4-7,10-11,17H2,1H3. The summed E-state index contributed by atoms with van der Waals surface area (Å²) in [5, 5.41) is 0. The second-order valence-corrected chi connectivity index (χ2v) is 6.28. The van der Waals surface area contributed by atoms with E-state index in [1.807, 2.05) is 12.1 Å². The molecule has 0 aromatic heterocycles.